The predicted octanol–water partition coefficient (Wildman–Crippen LogP) is 3.86. The van der Waals surface area contributed by atoms with E-state index in [9.17, 15) is 24.3 Å². The van der Waals surface area contributed by atoms with E-state index in [-0.39, 0.29) is 25.0 Å². The molecule has 1 atom stereocenters. The molecule has 11 nitrogen and oxygen atoms in total. The smallest absolute Gasteiger partial charge is 0.408 e. The molecule has 4 N–H and O–H groups in total. The minimum absolute atomic E-state index is 0.0177. The average molecular weight is 572 g/mol. The molecule has 0 saturated carbocycles. The third kappa shape index (κ3) is 8.17. The van der Waals surface area contributed by atoms with Crippen LogP contribution >= 0.6 is 0 Å². The number of para-hydroxylation sites is 2. The molecular formula is C31H33N5O6. The topological polar surface area (TPSA) is 154 Å². The highest BCUT2D eigenvalue weighted by Crippen LogP contribution is 2.16. The number of aliphatic carboxylic acids is 1. The van der Waals surface area contributed by atoms with Crippen LogP contribution in [0.4, 0.5) is 4.79 Å². The van der Waals surface area contributed by atoms with Crippen molar-refractivity contribution in [2.24, 2.45) is 5.92 Å². The molecule has 11 heteroatoms. The number of carboxylic acid groups (broad SMARTS) is 1. The van der Waals surface area contributed by atoms with Gasteiger partial charge in [0.05, 0.1) is 17.6 Å². The van der Waals surface area contributed by atoms with Gasteiger partial charge in [-0.25, -0.2) is 14.6 Å². The zero-order chi connectivity index (χ0) is 30.1. The number of alkyl carbamates (subject to hydrolysis) is 1. The standard InChI is InChI=1S/C31H33N5O6/c1-20(2)29(38)36(18-27-33-24-10-6-7-11-25(24)34-27)17-21-12-14-23(15-13-21)28(37)32-16-26(30(39)40)35-31(41)42-19-22-8-4-3-5-9-22/h3-15,20,26H,16-19H2,1-2H3,(H,32,37)(H,33,34)(H,35,41)(H,39,40)/t26-/m0/s1. The second kappa shape index (κ2) is 13.9. The number of carboxylic acids is 1. The lowest BCUT2D eigenvalue weighted by Gasteiger charge is -2.24. The van der Waals surface area contributed by atoms with Crippen LogP contribution in [0.15, 0.2) is 78.9 Å². The normalized spacial score (nSPS) is 11.6. The molecular weight excluding hydrogens is 538 g/mol. The maximum Gasteiger partial charge on any atom is 0.408 e. The fourth-order valence-electron chi connectivity index (χ4n) is 4.22. The largest absolute Gasteiger partial charge is 0.480 e. The number of carbonyl (C=O) groups excluding carboxylic acids is 3. The summed E-state index contributed by atoms with van der Waals surface area (Å²) in [5.41, 5.74) is 3.58. The van der Waals surface area contributed by atoms with Gasteiger partial charge in [0.15, 0.2) is 0 Å². The Bertz CT molecular complexity index is 1500. The molecule has 42 heavy (non-hydrogen) atoms. The van der Waals surface area contributed by atoms with E-state index < -0.39 is 24.0 Å². The second-order valence-corrected chi connectivity index (χ2v) is 10.1. The highest BCUT2D eigenvalue weighted by atomic mass is 16.5. The van der Waals surface area contributed by atoms with Crippen LogP contribution in [0.1, 0.15) is 41.2 Å². The third-order valence-electron chi connectivity index (χ3n) is 6.44. The van der Waals surface area contributed by atoms with Crippen LogP contribution < -0.4 is 10.6 Å². The molecule has 0 aliphatic heterocycles. The number of imidazole rings is 1. The van der Waals surface area contributed by atoms with Crippen molar-refractivity contribution < 1.29 is 29.0 Å². The number of ether oxygens (including phenoxy) is 1. The molecule has 0 aliphatic carbocycles. The number of hydrogen-bond donors (Lipinski definition) is 4. The Hall–Kier alpha value is -5.19. The molecule has 1 aromatic heterocycles. The molecule has 0 bridgehead atoms. The van der Waals surface area contributed by atoms with Gasteiger partial charge >= 0.3 is 12.1 Å². The zero-order valence-corrected chi connectivity index (χ0v) is 23.4. The van der Waals surface area contributed by atoms with Crippen LogP contribution in [-0.2, 0) is 34.0 Å². The van der Waals surface area contributed by atoms with Crippen LogP contribution in [-0.4, -0.2) is 56.4 Å². The summed E-state index contributed by atoms with van der Waals surface area (Å²) in [7, 11) is 0. The first-order valence-corrected chi connectivity index (χ1v) is 13.5. The first kappa shape index (κ1) is 29.8. The molecule has 1 heterocycles. The molecule has 3 amide bonds. The van der Waals surface area contributed by atoms with Gasteiger partial charge in [0.25, 0.3) is 5.91 Å². The van der Waals surface area contributed by atoms with Gasteiger partial charge < -0.3 is 30.4 Å². The average Bonchev–Trinajstić information content (AvgIpc) is 3.40. The molecule has 0 radical (unpaired) electrons. The van der Waals surface area contributed by atoms with Gasteiger partial charge in [0, 0.05) is 24.6 Å². The highest BCUT2D eigenvalue weighted by Gasteiger charge is 2.23. The van der Waals surface area contributed by atoms with Crippen LogP contribution in [0.3, 0.4) is 0 Å². The highest BCUT2D eigenvalue weighted by molar-refractivity contribution is 5.94. The third-order valence-corrected chi connectivity index (χ3v) is 6.44. The van der Waals surface area contributed by atoms with Crippen molar-refractivity contribution >= 4 is 34.9 Å². The Morgan fingerprint density at radius 3 is 2.26 bits per heavy atom. The van der Waals surface area contributed by atoms with Gasteiger partial charge in [-0.3, -0.25) is 9.59 Å². The van der Waals surface area contributed by atoms with Gasteiger partial charge in [0.2, 0.25) is 5.91 Å². The number of benzene rings is 3. The number of H-pyrrole nitrogens is 1. The van der Waals surface area contributed by atoms with Crippen LogP contribution in [0.5, 0.6) is 0 Å². The SMILES string of the molecule is CC(C)C(=O)N(Cc1ccc(C(=O)NC[C@H](NC(=O)OCc2ccccc2)C(=O)O)cc1)Cc1nc2ccccc2[nH]1. The molecule has 0 spiro atoms. The lowest BCUT2D eigenvalue weighted by atomic mass is 10.1. The molecule has 4 aromatic rings. The summed E-state index contributed by atoms with van der Waals surface area (Å²) in [6.45, 7) is 3.92. The van der Waals surface area contributed by atoms with Crippen molar-refractivity contribution in [3.8, 4) is 0 Å². The van der Waals surface area contributed by atoms with Crippen molar-refractivity contribution in [2.75, 3.05) is 6.54 Å². The number of aromatic amines is 1. The number of nitrogens with one attached hydrogen (secondary N) is 3. The van der Waals surface area contributed by atoms with Gasteiger partial charge in [-0.1, -0.05) is 68.4 Å². The second-order valence-electron chi connectivity index (χ2n) is 10.1. The summed E-state index contributed by atoms with van der Waals surface area (Å²) in [5.74, 6) is -1.41. The summed E-state index contributed by atoms with van der Waals surface area (Å²) in [5, 5.41) is 14.3. The molecule has 0 unspecified atom stereocenters. The number of hydrogen-bond acceptors (Lipinski definition) is 6. The van der Waals surface area contributed by atoms with Crippen molar-refractivity contribution in [1.82, 2.24) is 25.5 Å². The Labute approximate surface area is 242 Å². The molecule has 0 saturated heterocycles. The Morgan fingerprint density at radius 1 is 0.905 bits per heavy atom. The molecule has 0 aliphatic rings. The minimum Gasteiger partial charge on any atom is -0.480 e. The number of fused-ring (bicyclic) bond motifs is 1. The number of carbonyl (C=O) groups is 4. The summed E-state index contributed by atoms with van der Waals surface area (Å²) in [6, 6.07) is 21.9. The number of nitrogens with zero attached hydrogens (tertiary/aromatic N) is 2. The van der Waals surface area contributed by atoms with E-state index in [0.717, 1.165) is 22.2 Å². The van der Waals surface area contributed by atoms with Gasteiger partial charge in [-0.15, -0.1) is 0 Å². The van der Waals surface area contributed by atoms with E-state index in [1.54, 1.807) is 53.4 Å². The van der Waals surface area contributed by atoms with Crippen molar-refractivity contribution in [3.05, 3.63) is 101 Å². The van der Waals surface area contributed by atoms with Crippen LogP contribution in [0.2, 0.25) is 0 Å². The summed E-state index contributed by atoms with van der Waals surface area (Å²) in [4.78, 5) is 58.9. The predicted molar refractivity (Wildman–Crippen MR) is 155 cm³/mol. The molecule has 218 valence electrons. The number of aromatic nitrogens is 2. The van der Waals surface area contributed by atoms with E-state index in [1.165, 1.54) is 0 Å². The lowest BCUT2D eigenvalue weighted by molar-refractivity contribution is -0.139. The minimum atomic E-state index is -1.38. The number of amides is 3. The van der Waals surface area contributed by atoms with Gasteiger partial charge in [0.1, 0.15) is 18.5 Å². The van der Waals surface area contributed by atoms with E-state index in [2.05, 4.69) is 20.6 Å². The number of rotatable bonds is 12. The Balaban J connectivity index is 1.32. The summed E-state index contributed by atoms with van der Waals surface area (Å²) < 4.78 is 5.07. The monoisotopic (exact) mass is 571 g/mol. The lowest BCUT2D eigenvalue weighted by Crippen LogP contribution is -2.48. The van der Waals surface area contributed by atoms with Crippen molar-refractivity contribution in [1.29, 1.82) is 0 Å². The van der Waals surface area contributed by atoms with Crippen molar-refractivity contribution in [3.63, 3.8) is 0 Å². The summed E-state index contributed by atoms with van der Waals surface area (Å²) >= 11 is 0. The van der Waals surface area contributed by atoms with E-state index in [4.69, 9.17) is 4.74 Å². The zero-order valence-electron chi connectivity index (χ0n) is 23.4. The Kier molecular flexibility index (Phi) is 9.88. The fraction of sp³-hybridized carbons (Fsp3) is 0.258. The molecule has 3 aromatic carbocycles. The molecule has 0 fully saturated rings. The summed E-state index contributed by atoms with van der Waals surface area (Å²) in [6.07, 6.45) is -0.909. The maximum absolute atomic E-state index is 13.0. The van der Waals surface area contributed by atoms with E-state index >= 15 is 0 Å². The fourth-order valence-corrected chi connectivity index (χ4v) is 4.22. The van der Waals surface area contributed by atoms with Gasteiger partial charge in [-0.05, 0) is 35.4 Å². The first-order chi connectivity index (χ1) is 20.2. The van der Waals surface area contributed by atoms with Crippen LogP contribution in [0, 0.1) is 5.92 Å². The van der Waals surface area contributed by atoms with Crippen molar-refractivity contribution in [2.45, 2.75) is 39.6 Å². The van der Waals surface area contributed by atoms with E-state index in [1.807, 2.05) is 44.2 Å². The quantitative estimate of drug-likeness (QED) is 0.201. The maximum atomic E-state index is 13.0. The Morgan fingerprint density at radius 2 is 1.60 bits per heavy atom. The van der Waals surface area contributed by atoms with Crippen LogP contribution in [0.25, 0.3) is 11.0 Å². The van der Waals surface area contributed by atoms with E-state index in [0.29, 0.717) is 24.5 Å². The van der Waals surface area contributed by atoms with Gasteiger partial charge in [-0.2, -0.15) is 0 Å². The first-order valence-electron chi connectivity index (χ1n) is 13.5. The molecule has 4 rings (SSSR count).